The van der Waals surface area contributed by atoms with Crippen molar-refractivity contribution in [1.82, 2.24) is 10.2 Å². The average molecular weight is 466 g/mol. The van der Waals surface area contributed by atoms with Crippen molar-refractivity contribution in [2.45, 2.75) is 17.4 Å². The average Bonchev–Trinajstić information content (AvgIpc) is 3.28. The molecule has 0 aliphatic heterocycles. The number of ether oxygens (including phenoxy) is 1. The third-order valence-corrected chi connectivity index (χ3v) is 5.81. The molecule has 0 radical (unpaired) electrons. The highest BCUT2D eigenvalue weighted by molar-refractivity contribution is 8.00. The zero-order valence-electron chi connectivity index (χ0n) is 17.2. The van der Waals surface area contributed by atoms with Gasteiger partial charge < -0.3 is 14.5 Å². The molecule has 0 unspecified atom stereocenters. The molecular formula is C24H20ClN3O3S. The lowest BCUT2D eigenvalue weighted by Crippen LogP contribution is -2.19. The summed E-state index contributed by atoms with van der Waals surface area (Å²) in [5.74, 6) is 0.723. The number of carbonyl (C=O) groups excluding carboxylic acids is 1. The summed E-state index contributed by atoms with van der Waals surface area (Å²) < 4.78 is 11.4. The highest BCUT2D eigenvalue weighted by atomic mass is 35.5. The van der Waals surface area contributed by atoms with E-state index in [4.69, 9.17) is 20.8 Å². The number of halogens is 1. The van der Waals surface area contributed by atoms with Gasteiger partial charge in [0.1, 0.15) is 11.0 Å². The van der Waals surface area contributed by atoms with E-state index in [1.165, 1.54) is 11.8 Å². The molecule has 0 bridgehead atoms. The summed E-state index contributed by atoms with van der Waals surface area (Å²) in [6, 6.07) is 23.9. The van der Waals surface area contributed by atoms with Crippen LogP contribution in [-0.4, -0.2) is 22.7 Å². The van der Waals surface area contributed by atoms with E-state index in [9.17, 15) is 4.79 Å². The quantitative estimate of drug-likeness (QED) is 0.309. The van der Waals surface area contributed by atoms with E-state index < -0.39 is 5.25 Å². The lowest BCUT2D eigenvalue weighted by Gasteiger charge is -2.17. The Morgan fingerprint density at radius 2 is 1.84 bits per heavy atom. The molecule has 1 aromatic heterocycles. The van der Waals surface area contributed by atoms with Gasteiger partial charge in [-0.3, -0.25) is 4.79 Å². The Kier molecular flexibility index (Phi) is 7.09. The maximum Gasteiger partial charge on any atom is 0.277 e. The number of hydrogen-bond donors (Lipinski definition) is 1. The lowest BCUT2D eigenvalue weighted by molar-refractivity contribution is -0.115. The fraction of sp³-hybridized carbons (Fsp3) is 0.125. The van der Waals surface area contributed by atoms with Crippen molar-refractivity contribution >= 4 is 35.0 Å². The first kappa shape index (κ1) is 21.9. The number of para-hydroxylation sites is 2. The molecule has 1 N–H and O–H groups in total. The van der Waals surface area contributed by atoms with E-state index in [1.807, 2.05) is 67.6 Å². The van der Waals surface area contributed by atoms with Crippen LogP contribution in [0.1, 0.15) is 17.7 Å². The lowest BCUT2D eigenvalue weighted by atomic mass is 10.1. The van der Waals surface area contributed by atoms with Crippen molar-refractivity contribution in [3.8, 4) is 17.2 Å². The van der Waals surface area contributed by atoms with Gasteiger partial charge in [-0.05, 0) is 54.6 Å². The van der Waals surface area contributed by atoms with Crippen LogP contribution in [0.3, 0.4) is 0 Å². The Balaban J connectivity index is 1.59. The molecule has 32 heavy (non-hydrogen) atoms. The molecule has 162 valence electrons. The molecule has 0 saturated carbocycles. The fourth-order valence-corrected chi connectivity index (χ4v) is 4.11. The molecule has 0 aliphatic rings. The van der Waals surface area contributed by atoms with Crippen LogP contribution in [0.4, 0.5) is 5.69 Å². The van der Waals surface area contributed by atoms with Crippen LogP contribution >= 0.6 is 23.4 Å². The van der Waals surface area contributed by atoms with Crippen molar-refractivity contribution in [3.05, 3.63) is 89.4 Å². The second-order valence-corrected chi connectivity index (χ2v) is 8.20. The third kappa shape index (κ3) is 5.30. The van der Waals surface area contributed by atoms with Gasteiger partial charge in [0.2, 0.25) is 11.8 Å². The van der Waals surface area contributed by atoms with Crippen molar-refractivity contribution < 1.29 is 13.9 Å². The number of thioether (sulfide) groups is 1. The number of rotatable bonds is 8. The maximum atomic E-state index is 13.3. The first-order valence-corrected chi connectivity index (χ1v) is 11.2. The van der Waals surface area contributed by atoms with Crippen LogP contribution in [0.2, 0.25) is 5.02 Å². The maximum absolute atomic E-state index is 13.3. The van der Waals surface area contributed by atoms with E-state index in [0.29, 0.717) is 34.5 Å². The van der Waals surface area contributed by atoms with Gasteiger partial charge in [0.25, 0.3) is 5.22 Å². The van der Waals surface area contributed by atoms with Gasteiger partial charge in [-0.15, -0.1) is 10.2 Å². The van der Waals surface area contributed by atoms with Crippen LogP contribution in [-0.2, 0) is 4.79 Å². The number of nitrogens with zero attached hydrogens (tertiary/aromatic N) is 2. The van der Waals surface area contributed by atoms with Gasteiger partial charge in [0, 0.05) is 10.6 Å². The Labute approximate surface area is 195 Å². The molecule has 1 amide bonds. The molecular weight excluding hydrogens is 446 g/mol. The number of aromatic nitrogens is 2. The molecule has 4 aromatic rings. The van der Waals surface area contributed by atoms with E-state index in [1.54, 1.807) is 18.2 Å². The molecule has 0 saturated heterocycles. The predicted molar refractivity (Wildman–Crippen MR) is 126 cm³/mol. The van der Waals surface area contributed by atoms with Crippen molar-refractivity contribution in [1.29, 1.82) is 0 Å². The van der Waals surface area contributed by atoms with E-state index in [-0.39, 0.29) is 11.1 Å². The summed E-state index contributed by atoms with van der Waals surface area (Å²) in [4.78, 5) is 13.3. The summed E-state index contributed by atoms with van der Waals surface area (Å²) in [6.45, 7) is 2.40. The third-order valence-electron chi connectivity index (χ3n) is 4.48. The van der Waals surface area contributed by atoms with Crippen LogP contribution in [0.25, 0.3) is 11.5 Å². The number of carbonyl (C=O) groups is 1. The van der Waals surface area contributed by atoms with E-state index in [0.717, 1.165) is 5.56 Å². The van der Waals surface area contributed by atoms with Crippen molar-refractivity contribution in [3.63, 3.8) is 0 Å². The predicted octanol–water partition coefficient (Wildman–Crippen LogP) is 6.26. The van der Waals surface area contributed by atoms with Gasteiger partial charge in [0.15, 0.2) is 0 Å². The fourth-order valence-electron chi connectivity index (χ4n) is 3.05. The Bertz CT molecular complexity index is 1200. The number of benzene rings is 3. The Morgan fingerprint density at radius 1 is 1.06 bits per heavy atom. The minimum Gasteiger partial charge on any atom is -0.492 e. The van der Waals surface area contributed by atoms with Gasteiger partial charge in [-0.25, -0.2) is 0 Å². The van der Waals surface area contributed by atoms with E-state index >= 15 is 0 Å². The van der Waals surface area contributed by atoms with Crippen LogP contribution in [0.5, 0.6) is 5.75 Å². The van der Waals surface area contributed by atoms with Crippen molar-refractivity contribution in [2.75, 3.05) is 11.9 Å². The highest BCUT2D eigenvalue weighted by Gasteiger charge is 2.26. The van der Waals surface area contributed by atoms with E-state index in [2.05, 4.69) is 15.5 Å². The second kappa shape index (κ2) is 10.3. The molecule has 0 fully saturated rings. The molecule has 4 rings (SSSR count). The summed E-state index contributed by atoms with van der Waals surface area (Å²) in [5, 5.41) is 11.4. The molecule has 1 heterocycles. The largest absolute Gasteiger partial charge is 0.492 e. The van der Waals surface area contributed by atoms with Gasteiger partial charge >= 0.3 is 0 Å². The second-order valence-electron chi connectivity index (χ2n) is 6.71. The summed E-state index contributed by atoms with van der Waals surface area (Å²) in [5.41, 5.74) is 2.13. The number of anilines is 1. The molecule has 6 nitrogen and oxygen atoms in total. The summed E-state index contributed by atoms with van der Waals surface area (Å²) in [7, 11) is 0. The zero-order chi connectivity index (χ0) is 22.3. The first-order chi connectivity index (χ1) is 15.6. The van der Waals surface area contributed by atoms with Gasteiger partial charge in [-0.1, -0.05) is 60.1 Å². The number of nitrogens with one attached hydrogen (secondary N) is 1. The van der Waals surface area contributed by atoms with Crippen LogP contribution in [0, 0.1) is 0 Å². The van der Waals surface area contributed by atoms with Crippen LogP contribution in [0.15, 0.2) is 88.5 Å². The normalized spacial score (nSPS) is 11.7. The molecule has 0 aliphatic carbocycles. The number of amides is 1. The standard InChI is InChI=1S/C24H20ClN3O3S/c1-2-30-20-14-7-6-13-19(20)26-22(29)21(16-9-4-3-5-10-16)32-24-28-27-23(31-24)17-11-8-12-18(25)15-17/h3-15,21H,2H2,1H3,(H,26,29)/t21-/m1/s1. The monoisotopic (exact) mass is 465 g/mol. The summed E-state index contributed by atoms with van der Waals surface area (Å²) >= 11 is 7.24. The van der Waals surface area contributed by atoms with Gasteiger partial charge in [0.05, 0.1) is 12.3 Å². The minimum atomic E-state index is -0.612. The Hall–Kier alpha value is -3.29. The molecule has 3 aromatic carbocycles. The summed E-state index contributed by atoms with van der Waals surface area (Å²) in [6.07, 6.45) is 0. The molecule has 1 atom stereocenters. The zero-order valence-corrected chi connectivity index (χ0v) is 18.8. The molecule has 0 spiro atoms. The van der Waals surface area contributed by atoms with Crippen molar-refractivity contribution in [2.24, 2.45) is 0 Å². The highest BCUT2D eigenvalue weighted by Crippen LogP contribution is 2.37. The SMILES string of the molecule is CCOc1ccccc1NC(=O)[C@H](Sc1nnc(-c2cccc(Cl)c2)o1)c1ccccc1. The van der Waals surface area contributed by atoms with Crippen LogP contribution < -0.4 is 10.1 Å². The number of hydrogen-bond acceptors (Lipinski definition) is 6. The van der Waals surface area contributed by atoms with Gasteiger partial charge in [-0.2, -0.15) is 0 Å². The topological polar surface area (TPSA) is 77.2 Å². The first-order valence-electron chi connectivity index (χ1n) is 9.98. The minimum absolute atomic E-state index is 0.226. The Morgan fingerprint density at radius 3 is 2.62 bits per heavy atom. The molecule has 8 heteroatoms. The smallest absolute Gasteiger partial charge is 0.277 e.